The van der Waals surface area contributed by atoms with Crippen LogP contribution in [0.5, 0.6) is 5.75 Å². The molecule has 0 unspecified atom stereocenters. The zero-order chi connectivity index (χ0) is 30.2. The highest BCUT2D eigenvalue weighted by molar-refractivity contribution is 7.92. The first kappa shape index (κ1) is 32.2. The number of hydrogen-bond acceptors (Lipinski definition) is 5. The number of benzene rings is 3. The Balaban J connectivity index is 2.07. The Kier molecular flexibility index (Phi) is 11.5. The van der Waals surface area contributed by atoms with E-state index < -0.39 is 28.5 Å². The molecule has 0 saturated carbocycles. The molecule has 1 N–H and O–H groups in total. The van der Waals surface area contributed by atoms with Gasteiger partial charge < -0.3 is 15.0 Å². The lowest BCUT2D eigenvalue weighted by molar-refractivity contribution is -0.140. The summed E-state index contributed by atoms with van der Waals surface area (Å²) in [6, 6.07) is 18.6. The number of carbonyl (C=O) groups is 2. The molecule has 0 bridgehead atoms. The number of amides is 2. The molecule has 2 amide bonds. The van der Waals surface area contributed by atoms with Gasteiger partial charge in [-0.1, -0.05) is 80.4 Å². The number of nitrogens with one attached hydrogen (secondary N) is 1. The summed E-state index contributed by atoms with van der Waals surface area (Å²) in [6.45, 7) is 5.65. The van der Waals surface area contributed by atoms with Crippen molar-refractivity contribution in [3.8, 4) is 5.75 Å². The molecule has 0 aliphatic heterocycles. The van der Waals surface area contributed by atoms with Crippen LogP contribution in [0.15, 0.2) is 77.7 Å². The highest BCUT2D eigenvalue weighted by Crippen LogP contribution is 2.35. The maximum atomic E-state index is 14.1. The summed E-state index contributed by atoms with van der Waals surface area (Å²) in [5.41, 5.74) is 0.797. The molecule has 0 heterocycles. The summed E-state index contributed by atoms with van der Waals surface area (Å²) in [6.07, 6.45) is 0.315. The van der Waals surface area contributed by atoms with Crippen LogP contribution < -0.4 is 14.4 Å². The number of nitrogens with zero attached hydrogens (tertiary/aromatic N) is 2. The van der Waals surface area contributed by atoms with Crippen molar-refractivity contribution in [2.75, 3.05) is 24.5 Å². The van der Waals surface area contributed by atoms with E-state index in [9.17, 15) is 18.0 Å². The van der Waals surface area contributed by atoms with Crippen LogP contribution >= 0.6 is 23.2 Å². The fourth-order valence-corrected chi connectivity index (χ4v) is 6.08. The van der Waals surface area contributed by atoms with Gasteiger partial charge in [0.05, 0.1) is 27.7 Å². The minimum absolute atomic E-state index is 0.00936. The SMILES string of the molecule is CC[C@@H](C(=O)NCC(C)C)N(Cc1ccc(OC)cc1)C(=O)CN(c1cccc(Cl)c1Cl)S(=O)(=O)c1ccccc1. The van der Waals surface area contributed by atoms with E-state index in [1.807, 2.05) is 13.8 Å². The maximum absolute atomic E-state index is 14.1. The van der Waals surface area contributed by atoms with Crippen molar-refractivity contribution in [1.82, 2.24) is 10.2 Å². The third kappa shape index (κ3) is 8.15. The molecule has 8 nitrogen and oxygen atoms in total. The van der Waals surface area contributed by atoms with Crippen molar-refractivity contribution in [3.05, 3.63) is 88.4 Å². The van der Waals surface area contributed by atoms with Crippen LogP contribution in [0.25, 0.3) is 0 Å². The van der Waals surface area contributed by atoms with E-state index in [4.69, 9.17) is 27.9 Å². The second-order valence-electron chi connectivity index (χ2n) is 9.83. The summed E-state index contributed by atoms with van der Waals surface area (Å²) in [5, 5.41) is 3.04. The molecule has 220 valence electrons. The average molecular weight is 621 g/mol. The minimum Gasteiger partial charge on any atom is -0.497 e. The predicted molar refractivity (Wildman–Crippen MR) is 163 cm³/mol. The first-order valence-corrected chi connectivity index (χ1v) is 15.4. The smallest absolute Gasteiger partial charge is 0.264 e. The molecule has 3 aromatic carbocycles. The lowest BCUT2D eigenvalue weighted by Gasteiger charge is -2.33. The molecule has 0 aliphatic rings. The summed E-state index contributed by atoms with van der Waals surface area (Å²) in [4.78, 5) is 28.8. The van der Waals surface area contributed by atoms with E-state index in [0.717, 1.165) is 9.87 Å². The van der Waals surface area contributed by atoms with Crippen LogP contribution in [0.2, 0.25) is 10.0 Å². The number of halogens is 2. The zero-order valence-electron chi connectivity index (χ0n) is 23.5. The van der Waals surface area contributed by atoms with Crippen molar-refractivity contribution in [2.45, 2.75) is 44.7 Å². The molecule has 0 aliphatic carbocycles. The van der Waals surface area contributed by atoms with E-state index in [-0.39, 0.29) is 39.0 Å². The van der Waals surface area contributed by atoms with E-state index in [1.54, 1.807) is 62.6 Å². The van der Waals surface area contributed by atoms with Gasteiger partial charge in [0.15, 0.2) is 0 Å². The summed E-state index contributed by atoms with van der Waals surface area (Å²) < 4.78 is 34.0. The van der Waals surface area contributed by atoms with E-state index in [2.05, 4.69) is 5.32 Å². The quantitative estimate of drug-likeness (QED) is 0.262. The minimum atomic E-state index is -4.25. The number of methoxy groups -OCH3 is 1. The number of hydrogen-bond donors (Lipinski definition) is 1. The van der Waals surface area contributed by atoms with Gasteiger partial charge >= 0.3 is 0 Å². The van der Waals surface area contributed by atoms with Crippen molar-refractivity contribution >= 4 is 50.7 Å². The van der Waals surface area contributed by atoms with Crippen molar-refractivity contribution in [1.29, 1.82) is 0 Å². The fraction of sp³-hybridized carbons (Fsp3) is 0.333. The molecule has 0 spiro atoms. The number of carbonyl (C=O) groups excluding carboxylic acids is 2. The second kappa shape index (κ2) is 14.6. The number of ether oxygens (including phenoxy) is 1. The van der Waals surface area contributed by atoms with Gasteiger partial charge in [0.2, 0.25) is 11.8 Å². The lowest BCUT2D eigenvalue weighted by Crippen LogP contribution is -2.52. The highest BCUT2D eigenvalue weighted by Gasteiger charge is 2.34. The average Bonchev–Trinajstić information content (AvgIpc) is 2.97. The van der Waals surface area contributed by atoms with Gasteiger partial charge in [0.25, 0.3) is 10.0 Å². The van der Waals surface area contributed by atoms with Crippen LogP contribution in [0, 0.1) is 5.92 Å². The first-order valence-electron chi connectivity index (χ1n) is 13.2. The monoisotopic (exact) mass is 619 g/mol. The molecule has 3 rings (SSSR count). The Morgan fingerprint density at radius 3 is 2.20 bits per heavy atom. The molecule has 0 aromatic heterocycles. The van der Waals surface area contributed by atoms with E-state index in [0.29, 0.717) is 18.7 Å². The van der Waals surface area contributed by atoms with Gasteiger partial charge in [-0.05, 0) is 54.3 Å². The second-order valence-corrected chi connectivity index (χ2v) is 12.5. The topological polar surface area (TPSA) is 96.0 Å². The highest BCUT2D eigenvalue weighted by atomic mass is 35.5. The Morgan fingerprint density at radius 2 is 1.61 bits per heavy atom. The van der Waals surface area contributed by atoms with Crippen LogP contribution in [0.4, 0.5) is 5.69 Å². The van der Waals surface area contributed by atoms with Crippen molar-refractivity contribution in [2.24, 2.45) is 5.92 Å². The normalized spacial score (nSPS) is 12.1. The van der Waals surface area contributed by atoms with Crippen molar-refractivity contribution < 1.29 is 22.7 Å². The Bertz CT molecular complexity index is 1430. The molecule has 0 saturated heterocycles. The largest absolute Gasteiger partial charge is 0.497 e. The van der Waals surface area contributed by atoms with Gasteiger partial charge in [0, 0.05) is 13.1 Å². The molecule has 0 fully saturated rings. The third-order valence-corrected chi connectivity index (χ3v) is 8.98. The Labute approximate surface area is 252 Å². The first-order chi connectivity index (χ1) is 19.5. The van der Waals surface area contributed by atoms with Crippen molar-refractivity contribution in [3.63, 3.8) is 0 Å². The third-order valence-electron chi connectivity index (χ3n) is 6.39. The Morgan fingerprint density at radius 1 is 0.951 bits per heavy atom. The summed E-state index contributed by atoms with van der Waals surface area (Å²) in [7, 11) is -2.70. The molecular weight excluding hydrogens is 585 g/mol. The van der Waals surface area contributed by atoms with E-state index >= 15 is 0 Å². The van der Waals surface area contributed by atoms with Crippen LogP contribution in [0.1, 0.15) is 32.8 Å². The molecular formula is C30H35Cl2N3O5S. The molecule has 0 radical (unpaired) electrons. The maximum Gasteiger partial charge on any atom is 0.264 e. The lowest BCUT2D eigenvalue weighted by atomic mass is 10.1. The zero-order valence-corrected chi connectivity index (χ0v) is 25.8. The number of sulfonamides is 1. The van der Waals surface area contributed by atoms with Crippen LogP contribution in [-0.2, 0) is 26.2 Å². The molecule has 41 heavy (non-hydrogen) atoms. The van der Waals surface area contributed by atoms with Crippen LogP contribution in [-0.4, -0.2) is 51.4 Å². The Hall–Kier alpha value is -3.27. The van der Waals surface area contributed by atoms with Gasteiger partial charge in [-0.3, -0.25) is 13.9 Å². The number of anilines is 1. The van der Waals surface area contributed by atoms with Gasteiger partial charge in [0.1, 0.15) is 18.3 Å². The predicted octanol–water partition coefficient (Wildman–Crippen LogP) is 5.78. The van der Waals surface area contributed by atoms with Gasteiger partial charge in [-0.25, -0.2) is 8.42 Å². The molecule has 11 heteroatoms. The van der Waals surface area contributed by atoms with Gasteiger partial charge in [-0.15, -0.1) is 0 Å². The summed E-state index contributed by atoms with van der Waals surface area (Å²) >= 11 is 12.7. The van der Waals surface area contributed by atoms with Gasteiger partial charge in [-0.2, -0.15) is 0 Å². The fourth-order valence-electron chi connectivity index (χ4n) is 4.19. The standard InChI is InChI=1S/C30H35Cl2N3O5S/c1-5-26(30(37)33-18-21(2)3)34(19-22-14-16-23(40-4)17-15-22)28(36)20-35(27-13-9-12-25(31)29(27)32)41(38,39)24-10-7-6-8-11-24/h6-17,21,26H,5,18-20H2,1-4H3,(H,33,37)/t26-/m0/s1. The molecule has 3 aromatic rings. The van der Waals surface area contributed by atoms with Crippen LogP contribution in [0.3, 0.4) is 0 Å². The molecule has 1 atom stereocenters. The number of rotatable bonds is 13. The van der Waals surface area contributed by atoms with E-state index in [1.165, 1.54) is 29.2 Å². The summed E-state index contributed by atoms with van der Waals surface area (Å²) in [5.74, 6) is -0.0491.